The molecule has 186 valence electrons. The second kappa shape index (κ2) is 7.76. The number of rotatable bonds is 2. The molecule has 2 N–H and O–H groups in total. The van der Waals surface area contributed by atoms with Crippen molar-refractivity contribution in [2.24, 2.45) is 5.92 Å². The topological polar surface area (TPSA) is 78.5 Å². The number of hydrogen-bond donors (Lipinski definition) is 2. The maximum atomic E-state index is 14.5. The minimum atomic E-state index is -1.45. The molecule has 3 aromatic carbocycles. The van der Waals surface area contributed by atoms with Crippen molar-refractivity contribution in [1.82, 2.24) is 4.90 Å². The number of amides is 2. The standard InChI is InChI=1S/C29H23BrClN3O3/c1-15-20(31)13-12-19-24(15)33-27(37)29(19)28(18-5-2-3-6-21(18)32-26(28)36)23(22-7-4-14-34(22)29)25(35)16-8-10-17(30)11-9-16/h2-3,5-6,8-13,22-23H,4,7,14H2,1H3,(H,32,36)(H,33,37)/t22-,23+,28+,29-/m1/s1. The summed E-state index contributed by atoms with van der Waals surface area (Å²) in [5.41, 5.74) is 1.14. The molecule has 2 saturated heterocycles. The number of anilines is 2. The number of para-hydroxylation sites is 1. The van der Waals surface area contributed by atoms with Crippen molar-refractivity contribution >= 4 is 56.5 Å². The van der Waals surface area contributed by atoms with Gasteiger partial charge in [-0.1, -0.05) is 63.9 Å². The molecule has 2 amide bonds. The summed E-state index contributed by atoms with van der Waals surface area (Å²) < 4.78 is 0.865. The van der Waals surface area contributed by atoms with E-state index in [4.69, 9.17) is 11.6 Å². The Morgan fingerprint density at radius 1 is 1.00 bits per heavy atom. The first-order valence-corrected chi connectivity index (χ1v) is 13.6. The van der Waals surface area contributed by atoms with Gasteiger partial charge in [-0.05, 0) is 61.7 Å². The summed E-state index contributed by atoms with van der Waals surface area (Å²) >= 11 is 9.93. The van der Waals surface area contributed by atoms with Crippen molar-refractivity contribution in [3.05, 3.63) is 92.4 Å². The molecule has 2 spiro atoms. The van der Waals surface area contributed by atoms with Gasteiger partial charge in [0, 0.05) is 32.4 Å². The van der Waals surface area contributed by atoms with E-state index >= 15 is 0 Å². The van der Waals surface area contributed by atoms with Crippen LogP contribution in [0.1, 0.15) is 39.9 Å². The van der Waals surface area contributed by atoms with E-state index in [0.29, 0.717) is 39.6 Å². The van der Waals surface area contributed by atoms with Crippen LogP contribution >= 0.6 is 27.5 Å². The number of benzene rings is 3. The molecule has 6 nitrogen and oxygen atoms in total. The first-order valence-electron chi connectivity index (χ1n) is 12.4. The molecule has 4 aliphatic heterocycles. The average Bonchev–Trinajstić information content (AvgIpc) is 3.61. The number of Topliss-reactive ketones (excluding diaryl/α,β-unsaturated/α-hetero) is 1. The van der Waals surface area contributed by atoms with Crippen LogP contribution < -0.4 is 10.6 Å². The molecule has 8 heteroatoms. The molecule has 0 bridgehead atoms. The van der Waals surface area contributed by atoms with Gasteiger partial charge in [-0.3, -0.25) is 19.3 Å². The van der Waals surface area contributed by atoms with Crippen molar-refractivity contribution in [3.63, 3.8) is 0 Å². The van der Waals surface area contributed by atoms with Gasteiger partial charge in [-0.2, -0.15) is 0 Å². The molecule has 4 atom stereocenters. The van der Waals surface area contributed by atoms with E-state index in [1.54, 1.807) is 18.2 Å². The highest BCUT2D eigenvalue weighted by Crippen LogP contribution is 2.68. The molecular formula is C29H23BrClN3O3. The number of nitrogens with zero attached hydrogens (tertiary/aromatic N) is 1. The third kappa shape index (κ3) is 2.62. The van der Waals surface area contributed by atoms with Crippen LogP contribution in [0.3, 0.4) is 0 Å². The lowest BCUT2D eigenvalue weighted by molar-refractivity contribution is -0.137. The normalized spacial score (nSPS) is 29.4. The number of fused-ring (bicyclic) bond motifs is 7. The Morgan fingerprint density at radius 3 is 2.54 bits per heavy atom. The summed E-state index contributed by atoms with van der Waals surface area (Å²) in [6.07, 6.45) is 1.56. The van der Waals surface area contributed by atoms with Crippen molar-refractivity contribution in [3.8, 4) is 0 Å². The van der Waals surface area contributed by atoms with E-state index < -0.39 is 16.9 Å². The summed E-state index contributed by atoms with van der Waals surface area (Å²) in [5, 5.41) is 6.70. The Bertz CT molecular complexity index is 1540. The van der Waals surface area contributed by atoms with Gasteiger partial charge >= 0.3 is 0 Å². The number of ketones is 1. The van der Waals surface area contributed by atoms with Crippen LogP contribution in [0.25, 0.3) is 0 Å². The summed E-state index contributed by atoms with van der Waals surface area (Å²) in [7, 11) is 0. The number of carbonyl (C=O) groups excluding carboxylic acids is 3. The van der Waals surface area contributed by atoms with E-state index in [0.717, 1.165) is 22.9 Å². The Balaban J connectivity index is 1.59. The van der Waals surface area contributed by atoms with Gasteiger partial charge in [-0.15, -0.1) is 0 Å². The maximum absolute atomic E-state index is 14.5. The SMILES string of the molecule is Cc1c(Cl)ccc2c1NC(=O)[C@]21N2CCC[C@@H]2[C@@H](C(=O)c2ccc(Br)cc2)[C@@]12C(=O)Nc1ccccc12. The molecule has 4 heterocycles. The lowest BCUT2D eigenvalue weighted by atomic mass is 9.57. The van der Waals surface area contributed by atoms with E-state index in [9.17, 15) is 14.4 Å². The van der Waals surface area contributed by atoms with Gasteiger partial charge in [0.05, 0.1) is 11.6 Å². The zero-order valence-corrected chi connectivity index (χ0v) is 22.3. The summed E-state index contributed by atoms with van der Waals surface area (Å²) in [6.45, 7) is 2.48. The Labute approximate surface area is 227 Å². The van der Waals surface area contributed by atoms with Gasteiger partial charge in [0.1, 0.15) is 11.0 Å². The highest BCUT2D eigenvalue weighted by Gasteiger charge is 2.81. The van der Waals surface area contributed by atoms with Crippen LogP contribution in [0.2, 0.25) is 5.02 Å². The Hall–Kier alpha value is -3.00. The van der Waals surface area contributed by atoms with Crippen molar-refractivity contribution in [1.29, 1.82) is 0 Å². The van der Waals surface area contributed by atoms with Crippen molar-refractivity contribution in [2.75, 3.05) is 17.2 Å². The maximum Gasteiger partial charge on any atom is 0.251 e. The molecule has 4 aliphatic rings. The zero-order valence-electron chi connectivity index (χ0n) is 20.0. The molecule has 2 fully saturated rings. The van der Waals surface area contributed by atoms with Gasteiger partial charge in [0.2, 0.25) is 5.91 Å². The van der Waals surface area contributed by atoms with Crippen LogP contribution in [0.4, 0.5) is 11.4 Å². The molecule has 0 radical (unpaired) electrons. The smallest absolute Gasteiger partial charge is 0.251 e. The van der Waals surface area contributed by atoms with E-state index in [1.165, 1.54) is 0 Å². The molecular weight excluding hydrogens is 554 g/mol. The Morgan fingerprint density at radius 2 is 1.76 bits per heavy atom. The molecule has 3 aromatic rings. The quantitative estimate of drug-likeness (QED) is 0.399. The van der Waals surface area contributed by atoms with E-state index in [-0.39, 0.29) is 23.6 Å². The predicted molar refractivity (Wildman–Crippen MR) is 145 cm³/mol. The number of carbonyl (C=O) groups is 3. The van der Waals surface area contributed by atoms with Crippen LogP contribution in [0.15, 0.2) is 65.1 Å². The van der Waals surface area contributed by atoms with Crippen molar-refractivity contribution < 1.29 is 14.4 Å². The third-order valence-corrected chi connectivity index (χ3v) is 9.82. The predicted octanol–water partition coefficient (Wildman–Crippen LogP) is 5.43. The second-order valence-corrected chi connectivity index (χ2v) is 11.6. The fourth-order valence-corrected chi connectivity index (χ4v) is 7.98. The minimum absolute atomic E-state index is 0.125. The van der Waals surface area contributed by atoms with Crippen LogP contribution in [0, 0.1) is 12.8 Å². The average molecular weight is 577 g/mol. The fourth-order valence-electron chi connectivity index (χ4n) is 7.56. The molecule has 7 rings (SSSR count). The summed E-state index contributed by atoms with van der Waals surface area (Å²) in [6, 6.07) is 18.1. The minimum Gasteiger partial charge on any atom is -0.325 e. The molecule has 0 unspecified atom stereocenters. The van der Waals surface area contributed by atoms with Crippen LogP contribution in [-0.4, -0.2) is 35.1 Å². The monoisotopic (exact) mass is 575 g/mol. The molecule has 0 aliphatic carbocycles. The zero-order chi connectivity index (χ0) is 25.7. The van der Waals surface area contributed by atoms with Crippen LogP contribution in [0.5, 0.6) is 0 Å². The molecule has 0 saturated carbocycles. The largest absolute Gasteiger partial charge is 0.325 e. The summed E-state index contributed by atoms with van der Waals surface area (Å²) in [5.74, 6) is -1.47. The highest BCUT2D eigenvalue weighted by atomic mass is 79.9. The first-order chi connectivity index (χ1) is 17.8. The summed E-state index contributed by atoms with van der Waals surface area (Å²) in [4.78, 5) is 45.6. The second-order valence-electron chi connectivity index (χ2n) is 10.3. The van der Waals surface area contributed by atoms with Gasteiger partial charge in [0.15, 0.2) is 5.78 Å². The number of nitrogens with one attached hydrogen (secondary N) is 2. The van der Waals surface area contributed by atoms with Crippen molar-refractivity contribution in [2.45, 2.75) is 36.8 Å². The molecule has 0 aromatic heterocycles. The lowest BCUT2D eigenvalue weighted by Crippen LogP contribution is -2.62. The molecule has 37 heavy (non-hydrogen) atoms. The van der Waals surface area contributed by atoms with E-state index in [2.05, 4.69) is 31.5 Å². The fraction of sp³-hybridized carbons (Fsp3) is 0.276. The van der Waals surface area contributed by atoms with Gasteiger partial charge in [-0.25, -0.2) is 0 Å². The van der Waals surface area contributed by atoms with Crippen LogP contribution in [-0.2, 0) is 20.5 Å². The van der Waals surface area contributed by atoms with Gasteiger partial charge in [0.25, 0.3) is 5.91 Å². The van der Waals surface area contributed by atoms with E-state index in [1.807, 2.05) is 49.4 Å². The lowest BCUT2D eigenvalue weighted by Gasteiger charge is -2.43. The first kappa shape index (κ1) is 23.1. The third-order valence-electron chi connectivity index (χ3n) is 8.88. The number of hydrogen-bond acceptors (Lipinski definition) is 4. The Kier molecular flexibility index (Phi) is 4.85. The number of halogens is 2. The highest BCUT2D eigenvalue weighted by molar-refractivity contribution is 9.10. The van der Waals surface area contributed by atoms with Gasteiger partial charge < -0.3 is 10.6 Å².